The third-order valence-electron chi connectivity index (χ3n) is 7.09. The molecule has 2 aliphatic rings. The number of unbranched alkanes of at least 4 members (excludes halogenated alkanes) is 1. The Bertz CT molecular complexity index is 831. The molecular formula is C24H37Cl2N3O3. The van der Waals surface area contributed by atoms with Crippen LogP contribution in [-0.4, -0.2) is 61.0 Å². The summed E-state index contributed by atoms with van der Waals surface area (Å²) in [4.78, 5) is 29.1. The maximum absolute atomic E-state index is 13.9. The number of anilines is 1. The Kier molecular flexibility index (Phi) is 8.88. The number of hydrogen-bond donors (Lipinski definition) is 2. The molecule has 1 unspecified atom stereocenters. The second kappa shape index (κ2) is 10.6. The number of alkyl halides is 1. The normalized spacial score (nSPS) is 24.0. The monoisotopic (exact) mass is 485 g/mol. The van der Waals surface area contributed by atoms with Gasteiger partial charge < -0.3 is 20.3 Å². The Balaban J connectivity index is 0.00000363. The molecular weight excluding hydrogens is 449 g/mol. The number of likely N-dealkylation sites (tertiary alicyclic amines) is 1. The Morgan fingerprint density at radius 3 is 2.72 bits per heavy atom. The topological polar surface area (TPSA) is 70.7 Å². The van der Waals surface area contributed by atoms with Crippen LogP contribution in [0.25, 0.3) is 0 Å². The van der Waals surface area contributed by atoms with E-state index in [0.717, 1.165) is 31.5 Å². The van der Waals surface area contributed by atoms with Crippen molar-refractivity contribution in [1.29, 1.82) is 0 Å². The first-order valence-electron chi connectivity index (χ1n) is 11.3. The molecule has 1 aromatic carbocycles. The lowest BCUT2D eigenvalue weighted by atomic mass is 9.61. The van der Waals surface area contributed by atoms with E-state index in [9.17, 15) is 9.59 Å². The number of fused-ring (bicyclic) bond motifs is 1. The minimum Gasteiger partial charge on any atom is -0.385 e. The van der Waals surface area contributed by atoms with Crippen molar-refractivity contribution in [3.05, 3.63) is 29.3 Å². The van der Waals surface area contributed by atoms with Crippen molar-refractivity contribution < 1.29 is 14.3 Å². The molecule has 1 fully saturated rings. The highest BCUT2D eigenvalue weighted by Crippen LogP contribution is 2.47. The number of rotatable bonds is 8. The van der Waals surface area contributed by atoms with Crippen molar-refractivity contribution in [2.24, 2.45) is 11.3 Å². The first-order chi connectivity index (χ1) is 14.6. The third kappa shape index (κ3) is 4.73. The molecule has 2 atom stereocenters. The number of nitrogens with one attached hydrogen (secondary N) is 2. The molecule has 2 heterocycles. The lowest BCUT2D eigenvalue weighted by molar-refractivity contribution is -0.153. The van der Waals surface area contributed by atoms with Crippen LogP contribution >= 0.6 is 24.0 Å². The molecule has 3 rings (SSSR count). The van der Waals surface area contributed by atoms with Gasteiger partial charge in [0, 0.05) is 50.0 Å². The van der Waals surface area contributed by atoms with E-state index in [1.807, 2.05) is 50.8 Å². The first kappa shape index (κ1) is 26.7. The van der Waals surface area contributed by atoms with E-state index in [-0.39, 0.29) is 35.5 Å². The van der Waals surface area contributed by atoms with Crippen molar-refractivity contribution >= 4 is 41.5 Å². The minimum atomic E-state index is -1.09. The van der Waals surface area contributed by atoms with Crippen molar-refractivity contribution in [2.45, 2.75) is 57.9 Å². The molecule has 0 spiro atoms. The number of halogens is 2. The van der Waals surface area contributed by atoms with Gasteiger partial charge in [-0.15, -0.1) is 24.0 Å². The van der Waals surface area contributed by atoms with E-state index in [0.29, 0.717) is 25.3 Å². The number of benzene rings is 1. The average Bonchev–Trinajstić information content (AvgIpc) is 3.19. The van der Waals surface area contributed by atoms with Crippen LogP contribution in [0, 0.1) is 11.3 Å². The second-order valence-electron chi connectivity index (χ2n) is 9.61. The highest BCUT2D eigenvalue weighted by molar-refractivity contribution is 6.22. The highest BCUT2D eigenvalue weighted by atomic mass is 35.5. The number of piperidine rings is 1. The number of ether oxygens (including phenoxy) is 1. The van der Waals surface area contributed by atoms with Crippen LogP contribution < -0.4 is 10.6 Å². The van der Waals surface area contributed by atoms with Crippen molar-refractivity contribution in [3.63, 3.8) is 0 Å². The van der Waals surface area contributed by atoms with Crippen molar-refractivity contribution in [3.8, 4) is 0 Å². The van der Waals surface area contributed by atoms with E-state index in [1.54, 1.807) is 7.11 Å². The molecule has 2 aliphatic heterocycles. The minimum absolute atomic E-state index is 0. The number of amides is 2. The molecule has 1 aromatic rings. The SMILES string of the molecule is COCCCCN1CC(Cl)C(C)(C)[C@](NC(=O)c2ccc3c(c2)NCC3)(C(C)C)C1=O.Cl. The number of nitrogens with zero attached hydrogens (tertiary/aromatic N) is 1. The average molecular weight is 486 g/mol. The zero-order chi connectivity index (χ0) is 22.8. The van der Waals surface area contributed by atoms with Gasteiger partial charge in [0.2, 0.25) is 5.91 Å². The van der Waals surface area contributed by atoms with Crippen LogP contribution in [0.5, 0.6) is 0 Å². The standard InChI is InChI=1S/C24H36ClN3O3.ClH/c1-16(2)24(27-21(29)18-9-8-17-10-11-26-19(17)14-18)22(30)28(12-6-7-13-31-5)15-20(25)23(24,3)4;/h8-9,14,16,20,26H,6-7,10-13,15H2,1-5H3,(H,27,29);1H/t20?,24-;/m0./s1. The quantitative estimate of drug-likeness (QED) is 0.429. The van der Waals surface area contributed by atoms with Crippen LogP contribution in [0.1, 0.15) is 56.5 Å². The Labute approximate surface area is 203 Å². The maximum Gasteiger partial charge on any atom is 0.252 e. The molecule has 0 saturated carbocycles. The van der Waals surface area contributed by atoms with E-state index in [1.165, 1.54) is 5.56 Å². The molecule has 180 valence electrons. The van der Waals surface area contributed by atoms with Crippen LogP contribution in [0.3, 0.4) is 0 Å². The summed E-state index contributed by atoms with van der Waals surface area (Å²) < 4.78 is 5.13. The Morgan fingerprint density at radius 1 is 1.34 bits per heavy atom. The summed E-state index contributed by atoms with van der Waals surface area (Å²) >= 11 is 6.86. The third-order valence-corrected chi connectivity index (χ3v) is 7.77. The van der Waals surface area contributed by atoms with Crippen molar-refractivity contribution in [2.75, 3.05) is 38.7 Å². The fourth-order valence-corrected chi connectivity index (χ4v) is 5.39. The van der Waals surface area contributed by atoms with Gasteiger partial charge in [-0.05, 0) is 42.9 Å². The Hall–Kier alpha value is -1.50. The molecule has 6 nitrogen and oxygen atoms in total. The Morgan fingerprint density at radius 2 is 2.06 bits per heavy atom. The summed E-state index contributed by atoms with van der Waals surface area (Å²) in [6.07, 6.45) is 2.67. The summed E-state index contributed by atoms with van der Waals surface area (Å²) in [6, 6.07) is 5.72. The van der Waals surface area contributed by atoms with E-state index < -0.39 is 11.0 Å². The predicted octanol–water partition coefficient (Wildman–Crippen LogP) is 4.10. The summed E-state index contributed by atoms with van der Waals surface area (Å²) in [5, 5.41) is 6.21. The molecule has 1 saturated heterocycles. The van der Waals surface area contributed by atoms with Gasteiger partial charge in [0.15, 0.2) is 0 Å². The van der Waals surface area contributed by atoms with Gasteiger partial charge in [-0.25, -0.2) is 0 Å². The molecule has 0 radical (unpaired) electrons. The maximum atomic E-state index is 13.9. The number of carbonyl (C=O) groups is 2. The molecule has 0 bridgehead atoms. The molecule has 2 N–H and O–H groups in total. The largest absolute Gasteiger partial charge is 0.385 e. The fourth-order valence-electron chi connectivity index (χ4n) is 5.05. The van der Waals surface area contributed by atoms with E-state index >= 15 is 0 Å². The zero-order valence-corrected chi connectivity index (χ0v) is 21.4. The first-order valence-corrected chi connectivity index (χ1v) is 11.7. The predicted molar refractivity (Wildman–Crippen MR) is 132 cm³/mol. The summed E-state index contributed by atoms with van der Waals surface area (Å²) in [6.45, 7) is 10.6. The lowest BCUT2D eigenvalue weighted by Gasteiger charge is -2.56. The molecule has 8 heteroatoms. The van der Waals surface area contributed by atoms with E-state index in [2.05, 4.69) is 10.6 Å². The van der Waals surface area contributed by atoms with Gasteiger partial charge in [-0.1, -0.05) is 33.8 Å². The second-order valence-corrected chi connectivity index (χ2v) is 10.1. The summed E-state index contributed by atoms with van der Waals surface area (Å²) in [7, 11) is 1.68. The van der Waals surface area contributed by atoms with Gasteiger partial charge in [0.1, 0.15) is 5.54 Å². The smallest absolute Gasteiger partial charge is 0.252 e. The van der Waals surface area contributed by atoms with Gasteiger partial charge >= 0.3 is 0 Å². The number of hydrogen-bond acceptors (Lipinski definition) is 4. The van der Waals surface area contributed by atoms with Crippen LogP contribution in [-0.2, 0) is 16.0 Å². The van der Waals surface area contributed by atoms with Crippen LogP contribution in [0.4, 0.5) is 5.69 Å². The molecule has 0 aromatic heterocycles. The van der Waals surface area contributed by atoms with Crippen molar-refractivity contribution in [1.82, 2.24) is 10.2 Å². The summed E-state index contributed by atoms with van der Waals surface area (Å²) in [5.74, 6) is -0.416. The van der Waals surface area contributed by atoms with Gasteiger partial charge in [-0.3, -0.25) is 9.59 Å². The van der Waals surface area contributed by atoms with Crippen LogP contribution in [0.2, 0.25) is 0 Å². The highest BCUT2D eigenvalue weighted by Gasteiger charge is 2.61. The zero-order valence-electron chi connectivity index (χ0n) is 19.8. The van der Waals surface area contributed by atoms with E-state index in [4.69, 9.17) is 16.3 Å². The molecule has 32 heavy (non-hydrogen) atoms. The molecule has 2 amide bonds. The van der Waals surface area contributed by atoms with Gasteiger partial charge in [-0.2, -0.15) is 0 Å². The lowest BCUT2D eigenvalue weighted by Crippen LogP contribution is -2.76. The fraction of sp³-hybridized carbons (Fsp3) is 0.667. The van der Waals surface area contributed by atoms with Gasteiger partial charge in [0.05, 0.1) is 5.38 Å². The molecule has 0 aliphatic carbocycles. The van der Waals surface area contributed by atoms with Gasteiger partial charge in [0.25, 0.3) is 5.91 Å². The van der Waals surface area contributed by atoms with Crippen LogP contribution in [0.15, 0.2) is 18.2 Å². The summed E-state index contributed by atoms with van der Waals surface area (Å²) in [5.41, 5.74) is 1.05. The number of methoxy groups -OCH3 is 1. The number of carbonyl (C=O) groups excluding carboxylic acids is 2.